The zero-order valence-corrected chi connectivity index (χ0v) is 27.8. The second kappa shape index (κ2) is 17.1. The summed E-state index contributed by atoms with van der Waals surface area (Å²) < 4.78 is 21.9. The Labute approximate surface area is 278 Å². The molecule has 2 amide bonds. The van der Waals surface area contributed by atoms with Crippen LogP contribution in [0.1, 0.15) is 47.7 Å². The second-order valence-corrected chi connectivity index (χ2v) is 12.0. The molecule has 1 saturated heterocycles. The molecule has 4 aromatic rings. The molecule has 0 bridgehead atoms. The van der Waals surface area contributed by atoms with Crippen LogP contribution >= 0.6 is 0 Å². The molecule has 0 aromatic heterocycles. The highest BCUT2D eigenvalue weighted by atomic mass is 16.7. The van der Waals surface area contributed by atoms with Crippen molar-refractivity contribution in [2.75, 3.05) is 53.9 Å². The Balaban J connectivity index is 1.19. The average Bonchev–Trinajstić information content (AvgIpc) is 3.11. The van der Waals surface area contributed by atoms with Gasteiger partial charge >= 0.3 is 0 Å². The summed E-state index contributed by atoms with van der Waals surface area (Å²) in [6.45, 7) is 5.72. The van der Waals surface area contributed by atoms with E-state index in [1.54, 1.807) is 12.0 Å². The summed E-state index contributed by atoms with van der Waals surface area (Å²) >= 11 is 0. The predicted molar refractivity (Wildman–Crippen MR) is 184 cm³/mol. The number of fused-ring (bicyclic) bond motifs is 1. The Morgan fingerprint density at radius 1 is 0.830 bits per heavy atom. The van der Waals surface area contributed by atoms with Crippen molar-refractivity contribution in [1.29, 1.82) is 0 Å². The van der Waals surface area contributed by atoms with Crippen LogP contribution in [0.5, 0.6) is 5.75 Å². The fraction of sp³-hybridized carbons (Fsp3) is 0.385. The standard InChI is InChI=1S/C39H46N2O6/c1-4-46-37(39(43)41-19-6-5-7-20-41)24-29-11-13-31(14-12-29)32-10-8-9-30(23-32)27-40(2)38(42)35-16-15-34-26-36(18-17-33(34)25-35)47-28-45-22-21-44-3/h8-18,23,25-26,37H,4-7,19-22,24,27-28H2,1-3H3. The Morgan fingerprint density at radius 3 is 2.36 bits per heavy atom. The van der Waals surface area contributed by atoms with Crippen LogP contribution in [-0.4, -0.2) is 81.6 Å². The lowest BCUT2D eigenvalue weighted by atomic mass is 9.99. The second-order valence-electron chi connectivity index (χ2n) is 12.0. The van der Waals surface area contributed by atoms with Crippen molar-refractivity contribution in [3.8, 4) is 16.9 Å². The molecule has 0 saturated carbocycles. The van der Waals surface area contributed by atoms with E-state index in [0.717, 1.165) is 59.0 Å². The lowest BCUT2D eigenvalue weighted by molar-refractivity contribution is -0.144. The summed E-state index contributed by atoms with van der Waals surface area (Å²) in [6, 6.07) is 28.1. The number of carbonyl (C=O) groups is 2. The largest absolute Gasteiger partial charge is 0.468 e. The van der Waals surface area contributed by atoms with Crippen LogP contribution in [0, 0.1) is 0 Å². The SMILES string of the molecule is CCOC(Cc1ccc(-c2cccc(CN(C)C(=O)c3ccc4cc(OCOCCOC)ccc4c3)c2)cc1)C(=O)N1CCCCC1. The molecule has 1 atom stereocenters. The lowest BCUT2D eigenvalue weighted by Gasteiger charge is -2.30. The number of hydrogen-bond donors (Lipinski definition) is 0. The van der Waals surface area contributed by atoms with Gasteiger partial charge in [0.25, 0.3) is 11.8 Å². The van der Waals surface area contributed by atoms with Gasteiger partial charge in [-0.2, -0.15) is 0 Å². The van der Waals surface area contributed by atoms with E-state index >= 15 is 0 Å². The third-order valence-corrected chi connectivity index (χ3v) is 8.51. The van der Waals surface area contributed by atoms with E-state index in [9.17, 15) is 9.59 Å². The van der Waals surface area contributed by atoms with Gasteiger partial charge in [-0.3, -0.25) is 9.59 Å². The minimum Gasteiger partial charge on any atom is -0.468 e. The Morgan fingerprint density at radius 2 is 1.60 bits per heavy atom. The lowest BCUT2D eigenvalue weighted by Crippen LogP contribution is -2.44. The van der Waals surface area contributed by atoms with E-state index in [4.69, 9.17) is 18.9 Å². The topological polar surface area (TPSA) is 77.5 Å². The van der Waals surface area contributed by atoms with Crippen LogP contribution in [-0.2, 0) is 32.0 Å². The monoisotopic (exact) mass is 638 g/mol. The highest BCUT2D eigenvalue weighted by Crippen LogP contribution is 2.25. The van der Waals surface area contributed by atoms with E-state index in [2.05, 4.69) is 36.4 Å². The van der Waals surface area contributed by atoms with Crippen molar-refractivity contribution in [1.82, 2.24) is 9.80 Å². The number of ether oxygens (including phenoxy) is 4. The minimum atomic E-state index is -0.453. The van der Waals surface area contributed by atoms with Crippen molar-refractivity contribution < 1.29 is 28.5 Å². The number of hydrogen-bond acceptors (Lipinski definition) is 6. The van der Waals surface area contributed by atoms with Crippen LogP contribution in [0.15, 0.2) is 84.9 Å². The van der Waals surface area contributed by atoms with Crippen molar-refractivity contribution in [2.24, 2.45) is 0 Å². The summed E-state index contributed by atoms with van der Waals surface area (Å²) in [5, 5.41) is 1.95. The molecular formula is C39H46N2O6. The maximum Gasteiger partial charge on any atom is 0.253 e. The van der Waals surface area contributed by atoms with Crippen LogP contribution < -0.4 is 4.74 Å². The Hall–Kier alpha value is -4.24. The van der Waals surface area contributed by atoms with E-state index in [1.165, 1.54) is 6.42 Å². The number of likely N-dealkylation sites (tertiary alicyclic amines) is 1. The molecule has 0 N–H and O–H groups in total. The number of rotatable bonds is 15. The van der Waals surface area contributed by atoms with Crippen molar-refractivity contribution >= 4 is 22.6 Å². The van der Waals surface area contributed by atoms with E-state index in [0.29, 0.717) is 44.1 Å². The third kappa shape index (κ3) is 9.41. The van der Waals surface area contributed by atoms with Gasteiger partial charge in [0.15, 0.2) is 6.79 Å². The molecule has 8 nitrogen and oxygen atoms in total. The summed E-state index contributed by atoms with van der Waals surface area (Å²) in [5.41, 5.74) is 4.91. The molecule has 0 radical (unpaired) electrons. The zero-order chi connectivity index (χ0) is 33.0. The smallest absolute Gasteiger partial charge is 0.253 e. The van der Waals surface area contributed by atoms with Gasteiger partial charge in [0.1, 0.15) is 11.9 Å². The molecule has 8 heteroatoms. The van der Waals surface area contributed by atoms with Crippen molar-refractivity contribution in [3.05, 3.63) is 102 Å². The predicted octanol–water partition coefficient (Wildman–Crippen LogP) is 6.74. The van der Waals surface area contributed by atoms with Crippen LogP contribution in [0.2, 0.25) is 0 Å². The first-order valence-electron chi connectivity index (χ1n) is 16.5. The maximum absolute atomic E-state index is 13.4. The van der Waals surface area contributed by atoms with E-state index in [1.807, 2.05) is 67.4 Å². The normalized spacial score (nSPS) is 13.8. The summed E-state index contributed by atoms with van der Waals surface area (Å²) in [6.07, 6.45) is 3.43. The maximum atomic E-state index is 13.4. The molecule has 0 spiro atoms. The first-order valence-corrected chi connectivity index (χ1v) is 16.5. The molecule has 248 valence electrons. The van der Waals surface area contributed by atoms with Gasteiger partial charge in [0.05, 0.1) is 13.2 Å². The van der Waals surface area contributed by atoms with Crippen molar-refractivity contribution in [3.63, 3.8) is 0 Å². The molecule has 4 aromatic carbocycles. The highest BCUT2D eigenvalue weighted by molar-refractivity contribution is 5.98. The molecule has 1 aliphatic rings. The van der Waals surface area contributed by atoms with Crippen molar-refractivity contribution in [2.45, 2.75) is 45.3 Å². The summed E-state index contributed by atoms with van der Waals surface area (Å²) in [4.78, 5) is 30.2. The summed E-state index contributed by atoms with van der Waals surface area (Å²) in [7, 11) is 3.46. The van der Waals surface area contributed by atoms with Gasteiger partial charge in [-0.1, -0.05) is 54.6 Å². The van der Waals surface area contributed by atoms with E-state index < -0.39 is 6.10 Å². The third-order valence-electron chi connectivity index (χ3n) is 8.51. The van der Waals surface area contributed by atoms with Gasteiger partial charge in [-0.15, -0.1) is 0 Å². The molecule has 1 unspecified atom stereocenters. The number of carbonyl (C=O) groups excluding carboxylic acids is 2. The van der Waals surface area contributed by atoms with Gasteiger partial charge in [-0.25, -0.2) is 0 Å². The number of methoxy groups -OCH3 is 1. The first-order chi connectivity index (χ1) is 22.9. The van der Waals surface area contributed by atoms with Gasteiger partial charge in [0, 0.05) is 52.4 Å². The molecule has 0 aliphatic carbocycles. The fourth-order valence-electron chi connectivity index (χ4n) is 5.96. The van der Waals surface area contributed by atoms with Gasteiger partial charge in [-0.05, 0) is 89.5 Å². The number of piperidine rings is 1. The Kier molecular flexibility index (Phi) is 12.4. The molecule has 1 fully saturated rings. The van der Waals surface area contributed by atoms with Crippen LogP contribution in [0.25, 0.3) is 21.9 Å². The van der Waals surface area contributed by atoms with E-state index in [-0.39, 0.29) is 18.6 Å². The molecular weight excluding hydrogens is 592 g/mol. The molecule has 1 heterocycles. The minimum absolute atomic E-state index is 0.0449. The first kappa shape index (κ1) is 34.1. The number of amides is 2. The quantitative estimate of drug-likeness (QED) is 0.106. The highest BCUT2D eigenvalue weighted by Gasteiger charge is 2.26. The molecule has 47 heavy (non-hydrogen) atoms. The molecule has 5 rings (SSSR count). The van der Waals surface area contributed by atoms with Crippen LogP contribution in [0.3, 0.4) is 0 Å². The number of nitrogens with zero attached hydrogens (tertiary/aromatic N) is 2. The van der Waals surface area contributed by atoms with Gasteiger partial charge in [0.2, 0.25) is 0 Å². The Bertz CT molecular complexity index is 1620. The number of benzene rings is 4. The van der Waals surface area contributed by atoms with Gasteiger partial charge < -0.3 is 28.7 Å². The summed E-state index contributed by atoms with van der Waals surface area (Å²) in [5.74, 6) is 0.764. The average molecular weight is 639 g/mol. The molecule has 1 aliphatic heterocycles. The van der Waals surface area contributed by atoms with Crippen LogP contribution in [0.4, 0.5) is 0 Å². The zero-order valence-electron chi connectivity index (χ0n) is 27.8. The fourth-order valence-corrected chi connectivity index (χ4v) is 5.96.